The Hall–Kier alpha value is -0.340. The number of aliphatic hydroxyl groups excluding tert-OH is 1. The topological polar surface area (TPSA) is 32.3 Å². The van der Waals surface area contributed by atoms with E-state index in [4.69, 9.17) is 0 Å². The van der Waals surface area contributed by atoms with E-state index in [9.17, 15) is 5.11 Å². The van der Waals surface area contributed by atoms with Crippen LogP contribution in [0.15, 0.2) is 12.2 Å². The minimum atomic E-state index is -0.277. The highest BCUT2D eigenvalue weighted by Crippen LogP contribution is 2.27. The highest BCUT2D eigenvalue weighted by molar-refractivity contribution is 5.07. The molecule has 70 valence electrons. The molecule has 2 nitrogen and oxygen atoms in total. The van der Waals surface area contributed by atoms with Crippen molar-refractivity contribution in [3.05, 3.63) is 12.2 Å². The molecule has 0 aromatic heterocycles. The highest BCUT2D eigenvalue weighted by atomic mass is 16.3. The maximum Gasteiger partial charge on any atom is 0.0779 e. The van der Waals surface area contributed by atoms with Gasteiger partial charge >= 0.3 is 0 Å². The van der Waals surface area contributed by atoms with E-state index in [-0.39, 0.29) is 17.6 Å². The fourth-order valence-corrected chi connectivity index (χ4v) is 1.40. The minimum absolute atomic E-state index is 0.00630. The predicted molar refractivity (Wildman–Crippen MR) is 51.0 cm³/mol. The third kappa shape index (κ3) is 1.87. The van der Waals surface area contributed by atoms with Crippen molar-refractivity contribution in [3.8, 4) is 0 Å². The Morgan fingerprint density at radius 3 is 2.75 bits per heavy atom. The quantitative estimate of drug-likeness (QED) is 0.624. The van der Waals surface area contributed by atoms with E-state index in [1.54, 1.807) is 0 Å². The third-order valence-electron chi connectivity index (χ3n) is 2.87. The van der Waals surface area contributed by atoms with E-state index < -0.39 is 0 Å². The Morgan fingerprint density at radius 2 is 2.33 bits per heavy atom. The van der Waals surface area contributed by atoms with E-state index in [1.807, 2.05) is 0 Å². The van der Waals surface area contributed by atoms with Crippen molar-refractivity contribution in [1.29, 1.82) is 0 Å². The molecule has 0 saturated carbocycles. The van der Waals surface area contributed by atoms with E-state index in [0.717, 1.165) is 13.0 Å². The Morgan fingerprint density at radius 1 is 1.67 bits per heavy atom. The smallest absolute Gasteiger partial charge is 0.0779 e. The summed E-state index contributed by atoms with van der Waals surface area (Å²) < 4.78 is 0. The molecule has 12 heavy (non-hydrogen) atoms. The van der Waals surface area contributed by atoms with Gasteiger partial charge in [0.25, 0.3) is 0 Å². The Kier molecular flexibility index (Phi) is 2.91. The number of rotatable bonds is 3. The molecule has 0 bridgehead atoms. The zero-order valence-corrected chi connectivity index (χ0v) is 8.17. The van der Waals surface area contributed by atoms with Gasteiger partial charge in [0.1, 0.15) is 0 Å². The second kappa shape index (κ2) is 3.58. The van der Waals surface area contributed by atoms with Crippen LogP contribution in [0.5, 0.6) is 0 Å². The molecule has 2 atom stereocenters. The lowest BCUT2D eigenvalue weighted by atomic mass is 9.80. The van der Waals surface area contributed by atoms with Crippen molar-refractivity contribution in [2.24, 2.45) is 5.41 Å². The monoisotopic (exact) mass is 169 g/mol. The normalized spacial score (nSPS) is 26.2. The molecular weight excluding hydrogens is 150 g/mol. The summed E-state index contributed by atoms with van der Waals surface area (Å²) in [6, 6.07) is 0.153. The van der Waals surface area contributed by atoms with Crippen LogP contribution in [0, 0.1) is 5.41 Å². The lowest BCUT2D eigenvalue weighted by molar-refractivity contribution is 0.0311. The minimum Gasteiger partial charge on any atom is -0.391 e. The van der Waals surface area contributed by atoms with E-state index >= 15 is 0 Å². The van der Waals surface area contributed by atoms with Gasteiger partial charge in [-0.1, -0.05) is 32.9 Å². The third-order valence-corrected chi connectivity index (χ3v) is 2.87. The Bertz CT molecular complexity index is 175. The van der Waals surface area contributed by atoms with Crippen LogP contribution in [-0.2, 0) is 0 Å². The van der Waals surface area contributed by atoms with Gasteiger partial charge in [0.2, 0.25) is 0 Å². The summed E-state index contributed by atoms with van der Waals surface area (Å²) in [5.41, 5.74) is 0.00630. The van der Waals surface area contributed by atoms with E-state index in [2.05, 4.69) is 38.2 Å². The number of hydrogen-bond donors (Lipinski definition) is 2. The van der Waals surface area contributed by atoms with Gasteiger partial charge < -0.3 is 10.4 Å². The summed E-state index contributed by atoms with van der Waals surface area (Å²) in [4.78, 5) is 0. The first-order valence-corrected chi connectivity index (χ1v) is 4.66. The van der Waals surface area contributed by atoms with Crippen molar-refractivity contribution >= 4 is 0 Å². The molecule has 2 heteroatoms. The summed E-state index contributed by atoms with van der Waals surface area (Å²) in [5, 5.41) is 13.2. The zero-order valence-electron chi connectivity index (χ0n) is 8.17. The molecule has 0 aliphatic carbocycles. The largest absolute Gasteiger partial charge is 0.391 e. The maximum absolute atomic E-state index is 9.96. The molecule has 1 aliphatic rings. The van der Waals surface area contributed by atoms with Crippen LogP contribution in [0.25, 0.3) is 0 Å². The Labute approximate surface area is 74.7 Å². The van der Waals surface area contributed by atoms with Gasteiger partial charge in [-0.15, -0.1) is 0 Å². The first-order valence-electron chi connectivity index (χ1n) is 4.66. The van der Waals surface area contributed by atoms with Gasteiger partial charge in [-0.25, -0.2) is 0 Å². The van der Waals surface area contributed by atoms with Crippen LogP contribution in [0.3, 0.4) is 0 Å². The molecule has 2 N–H and O–H groups in total. The SMILES string of the molecule is CCC(C)(C)C(O)C1C=CCN1. The fraction of sp³-hybridized carbons (Fsp3) is 0.800. The average molecular weight is 169 g/mol. The molecule has 0 spiro atoms. The first-order chi connectivity index (χ1) is 5.58. The molecule has 0 aromatic rings. The molecule has 1 heterocycles. The van der Waals surface area contributed by atoms with Gasteiger partial charge in [0.05, 0.1) is 12.1 Å². The molecule has 0 saturated heterocycles. The lowest BCUT2D eigenvalue weighted by Gasteiger charge is -2.32. The summed E-state index contributed by atoms with van der Waals surface area (Å²) >= 11 is 0. The van der Waals surface area contributed by atoms with Crippen LogP contribution in [0.4, 0.5) is 0 Å². The van der Waals surface area contributed by atoms with Crippen LogP contribution in [0.1, 0.15) is 27.2 Å². The van der Waals surface area contributed by atoms with Crippen LogP contribution in [0.2, 0.25) is 0 Å². The van der Waals surface area contributed by atoms with Crippen LogP contribution < -0.4 is 5.32 Å². The van der Waals surface area contributed by atoms with Crippen molar-refractivity contribution in [2.75, 3.05) is 6.54 Å². The van der Waals surface area contributed by atoms with Crippen LogP contribution >= 0.6 is 0 Å². The highest BCUT2D eigenvalue weighted by Gasteiger charge is 2.32. The average Bonchev–Trinajstić information content (AvgIpc) is 2.55. The predicted octanol–water partition coefficient (Wildman–Crippen LogP) is 1.31. The lowest BCUT2D eigenvalue weighted by Crippen LogP contribution is -2.44. The molecule has 2 unspecified atom stereocenters. The second-order valence-corrected chi connectivity index (χ2v) is 4.15. The molecule has 0 fully saturated rings. The molecule has 0 amide bonds. The molecule has 1 rings (SSSR count). The maximum atomic E-state index is 9.96. The van der Waals surface area contributed by atoms with Gasteiger partial charge in [0.15, 0.2) is 0 Å². The summed E-state index contributed by atoms with van der Waals surface area (Å²) in [7, 11) is 0. The van der Waals surface area contributed by atoms with Crippen molar-refractivity contribution in [1.82, 2.24) is 5.32 Å². The summed E-state index contributed by atoms with van der Waals surface area (Å²) in [6.07, 6.45) is 4.85. The molecule has 0 aromatic carbocycles. The van der Waals surface area contributed by atoms with Gasteiger partial charge in [-0.3, -0.25) is 0 Å². The molecular formula is C10H19NO. The van der Waals surface area contributed by atoms with Crippen molar-refractivity contribution < 1.29 is 5.11 Å². The van der Waals surface area contributed by atoms with E-state index in [1.165, 1.54) is 0 Å². The van der Waals surface area contributed by atoms with E-state index in [0.29, 0.717) is 0 Å². The van der Waals surface area contributed by atoms with Gasteiger partial charge in [-0.2, -0.15) is 0 Å². The summed E-state index contributed by atoms with van der Waals surface area (Å²) in [5.74, 6) is 0. The van der Waals surface area contributed by atoms with Gasteiger partial charge in [-0.05, 0) is 11.8 Å². The molecule has 1 aliphatic heterocycles. The fourth-order valence-electron chi connectivity index (χ4n) is 1.40. The Balaban J connectivity index is 2.56. The zero-order chi connectivity index (χ0) is 9.19. The standard InChI is InChI=1S/C10H19NO/c1-4-10(2,3)9(12)8-6-5-7-11-8/h5-6,8-9,11-12H,4,7H2,1-3H3. The van der Waals surface area contributed by atoms with Crippen molar-refractivity contribution in [2.45, 2.75) is 39.3 Å². The second-order valence-electron chi connectivity index (χ2n) is 4.15. The molecule has 0 radical (unpaired) electrons. The first kappa shape index (κ1) is 9.75. The summed E-state index contributed by atoms with van der Waals surface area (Å²) in [6.45, 7) is 7.21. The van der Waals surface area contributed by atoms with Crippen molar-refractivity contribution in [3.63, 3.8) is 0 Å². The number of hydrogen-bond acceptors (Lipinski definition) is 2. The number of nitrogens with one attached hydrogen (secondary N) is 1. The van der Waals surface area contributed by atoms with Gasteiger partial charge in [0, 0.05) is 6.54 Å². The number of aliphatic hydroxyl groups is 1. The van der Waals surface area contributed by atoms with Crippen LogP contribution in [-0.4, -0.2) is 23.8 Å².